The highest BCUT2D eigenvalue weighted by Gasteiger charge is 2.02. The van der Waals surface area contributed by atoms with Gasteiger partial charge in [-0.25, -0.2) is 0 Å². The zero-order valence-corrected chi connectivity index (χ0v) is 9.25. The van der Waals surface area contributed by atoms with E-state index < -0.39 is 10.8 Å². The molecule has 0 aliphatic heterocycles. The lowest BCUT2D eigenvalue weighted by Gasteiger charge is -2.04. The predicted molar refractivity (Wildman–Crippen MR) is 58.8 cm³/mol. The van der Waals surface area contributed by atoms with Gasteiger partial charge in [0.1, 0.15) is 6.07 Å². The van der Waals surface area contributed by atoms with Crippen molar-refractivity contribution in [3.05, 3.63) is 17.8 Å². The largest absolute Gasteiger partial charge is 0.367 e. The van der Waals surface area contributed by atoms with E-state index in [0.29, 0.717) is 29.4 Å². The lowest BCUT2D eigenvalue weighted by Crippen LogP contribution is -2.13. The summed E-state index contributed by atoms with van der Waals surface area (Å²) in [5.41, 5.74) is 0.451. The summed E-state index contributed by atoms with van der Waals surface area (Å²) >= 11 is 0. The molecule has 1 atom stereocenters. The SMILES string of the molecule is CCS(=O)CCNc1nnccc1C#N. The Morgan fingerprint density at radius 3 is 3.13 bits per heavy atom. The monoisotopic (exact) mass is 224 g/mol. The van der Waals surface area contributed by atoms with Crippen molar-refractivity contribution in [1.82, 2.24) is 10.2 Å². The summed E-state index contributed by atoms with van der Waals surface area (Å²) in [4.78, 5) is 0. The maximum atomic E-state index is 11.1. The summed E-state index contributed by atoms with van der Waals surface area (Å²) in [5, 5.41) is 19.2. The highest BCUT2D eigenvalue weighted by atomic mass is 32.2. The van der Waals surface area contributed by atoms with Crippen molar-refractivity contribution >= 4 is 16.6 Å². The molecule has 0 aromatic carbocycles. The van der Waals surface area contributed by atoms with Crippen LogP contribution in [0.4, 0.5) is 5.82 Å². The van der Waals surface area contributed by atoms with Crippen LogP contribution in [0.2, 0.25) is 0 Å². The summed E-state index contributed by atoms with van der Waals surface area (Å²) in [7, 11) is -0.803. The normalized spacial score (nSPS) is 11.7. The van der Waals surface area contributed by atoms with Crippen LogP contribution in [-0.4, -0.2) is 32.5 Å². The summed E-state index contributed by atoms with van der Waals surface area (Å²) < 4.78 is 11.1. The van der Waals surface area contributed by atoms with Crippen LogP contribution in [0.1, 0.15) is 12.5 Å². The molecule has 0 amide bonds. The van der Waals surface area contributed by atoms with E-state index in [0.717, 1.165) is 0 Å². The van der Waals surface area contributed by atoms with Crippen LogP contribution < -0.4 is 5.32 Å². The standard InChI is InChI=1S/C9H12N4OS/c1-2-15(14)6-5-11-9-8(7-10)3-4-12-13-9/h3-4H,2,5-6H2,1H3,(H,11,13). The molecule has 0 aliphatic rings. The van der Waals surface area contributed by atoms with Gasteiger partial charge >= 0.3 is 0 Å². The molecular formula is C9H12N4OS. The molecule has 0 bridgehead atoms. The summed E-state index contributed by atoms with van der Waals surface area (Å²) in [6.45, 7) is 2.41. The van der Waals surface area contributed by atoms with Gasteiger partial charge in [0.25, 0.3) is 0 Å². The zero-order chi connectivity index (χ0) is 11.1. The third-order valence-corrected chi connectivity index (χ3v) is 3.09. The van der Waals surface area contributed by atoms with E-state index in [1.807, 2.05) is 13.0 Å². The molecule has 0 saturated heterocycles. The molecule has 0 radical (unpaired) electrons. The minimum atomic E-state index is -0.803. The minimum absolute atomic E-state index is 0.451. The summed E-state index contributed by atoms with van der Waals surface area (Å²) in [5.74, 6) is 1.65. The molecule has 1 aromatic rings. The van der Waals surface area contributed by atoms with Gasteiger partial charge in [-0.15, -0.1) is 5.10 Å². The minimum Gasteiger partial charge on any atom is -0.367 e. The Morgan fingerprint density at radius 2 is 2.47 bits per heavy atom. The van der Waals surface area contributed by atoms with Gasteiger partial charge in [-0.05, 0) is 6.07 Å². The first kappa shape index (κ1) is 11.6. The van der Waals surface area contributed by atoms with E-state index in [1.54, 1.807) is 6.07 Å². The quantitative estimate of drug-likeness (QED) is 0.789. The number of rotatable bonds is 5. The Morgan fingerprint density at radius 1 is 1.67 bits per heavy atom. The van der Waals surface area contributed by atoms with Crippen molar-refractivity contribution in [2.45, 2.75) is 6.92 Å². The Hall–Kier alpha value is -1.48. The molecule has 0 saturated carbocycles. The number of nitrogens with one attached hydrogen (secondary N) is 1. The Bertz CT molecular complexity index is 388. The average Bonchev–Trinajstić information content (AvgIpc) is 2.29. The van der Waals surface area contributed by atoms with Crippen LogP contribution in [0.3, 0.4) is 0 Å². The average molecular weight is 224 g/mol. The maximum absolute atomic E-state index is 11.1. The van der Waals surface area contributed by atoms with Gasteiger partial charge in [-0.1, -0.05) is 6.92 Å². The second-order valence-corrected chi connectivity index (χ2v) is 4.63. The molecule has 1 aromatic heterocycles. The number of hydrogen-bond donors (Lipinski definition) is 1. The highest BCUT2D eigenvalue weighted by molar-refractivity contribution is 7.84. The van der Waals surface area contributed by atoms with E-state index in [4.69, 9.17) is 5.26 Å². The van der Waals surface area contributed by atoms with Crippen LogP contribution in [0.25, 0.3) is 0 Å². The molecule has 6 heteroatoms. The van der Waals surface area contributed by atoms with Gasteiger partial charge in [0.2, 0.25) is 0 Å². The molecule has 0 aliphatic carbocycles. The molecule has 0 spiro atoms. The molecule has 1 heterocycles. The lowest BCUT2D eigenvalue weighted by atomic mass is 10.3. The van der Waals surface area contributed by atoms with Crippen molar-refractivity contribution in [3.63, 3.8) is 0 Å². The topological polar surface area (TPSA) is 78.7 Å². The fourth-order valence-electron chi connectivity index (χ4n) is 0.980. The maximum Gasteiger partial charge on any atom is 0.166 e. The van der Waals surface area contributed by atoms with Gasteiger partial charge < -0.3 is 5.32 Å². The van der Waals surface area contributed by atoms with E-state index in [-0.39, 0.29) is 0 Å². The third-order valence-electron chi connectivity index (χ3n) is 1.79. The van der Waals surface area contributed by atoms with Gasteiger partial charge in [0.15, 0.2) is 5.82 Å². The van der Waals surface area contributed by atoms with E-state index >= 15 is 0 Å². The first-order valence-electron chi connectivity index (χ1n) is 4.58. The Kier molecular flexibility index (Phi) is 4.71. The lowest BCUT2D eigenvalue weighted by molar-refractivity contribution is 0.684. The second kappa shape index (κ2) is 6.09. The molecule has 80 valence electrons. The van der Waals surface area contributed by atoms with E-state index in [2.05, 4.69) is 15.5 Å². The van der Waals surface area contributed by atoms with Gasteiger partial charge in [0.05, 0.1) is 11.8 Å². The number of nitrogens with zero attached hydrogens (tertiary/aromatic N) is 3. The first-order valence-corrected chi connectivity index (χ1v) is 6.07. The van der Waals surface area contributed by atoms with Gasteiger partial charge in [-0.3, -0.25) is 4.21 Å². The second-order valence-electron chi connectivity index (χ2n) is 2.76. The van der Waals surface area contributed by atoms with E-state index in [9.17, 15) is 4.21 Å². The zero-order valence-electron chi connectivity index (χ0n) is 8.43. The molecule has 1 unspecified atom stereocenters. The van der Waals surface area contributed by atoms with Crippen molar-refractivity contribution in [1.29, 1.82) is 5.26 Å². The van der Waals surface area contributed by atoms with Crippen molar-refractivity contribution in [2.75, 3.05) is 23.4 Å². The van der Waals surface area contributed by atoms with Crippen LogP contribution in [-0.2, 0) is 10.8 Å². The fourth-order valence-corrected chi connectivity index (χ4v) is 1.60. The fraction of sp³-hybridized carbons (Fsp3) is 0.444. The smallest absolute Gasteiger partial charge is 0.166 e. The molecule has 5 nitrogen and oxygen atoms in total. The van der Waals surface area contributed by atoms with Crippen molar-refractivity contribution in [3.8, 4) is 6.07 Å². The number of anilines is 1. The Balaban J connectivity index is 2.51. The predicted octanol–water partition coefficient (Wildman–Crippen LogP) is 0.529. The summed E-state index contributed by atoms with van der Waals surface area (Å²) in [6.07, 6.45) is 1.47. The summed E-state index contributed by atoms with van der Waals surface area (Å²) in [6, 6.07) is 3.60. The molecule has 1 N–H and O–H groups in total. The first-order chi connectivity index (χ1) is 7.27. The van der Waals surface area contributed by atoms with Crippen molar-refractivity contribution in [2.24, 2.45) is 0 Å². The van der Waals surface area contributed by atoms with Crippen LogP contribution in [0.5, 0.6) is 0 Å². The molecular weight excluding hydrogens is 212 g/mol. The van der Waals surface area contributed by atoms with Gasteiger partial charge in [0, 0.05) is 28.9 Å². The number of aromatic nitrogens is 2. The van der Waals surface area contributed by atoms with Crippen LogP contribution in [0.15, 0.2) is 12.3 Å². The van der Waals surface area contributed by atoms with Crippen LogP contribution in [0, 0.1) is 11.3 Å². The highest BCUT2D eigenvalue weighted by Crippen LogP contribution is 2.07. The number of hydrogen-bond acceptors (Lipinski definition) is 5. The molecule has 1 rings (SSSR count). The molecule has 15 heavy (non-hydrogen) atoms. The van der Waals surface area contributed by atoms with Crippen LogP contribution >= 0.6 is 0 Å². The van der Waals surface area contributed by atoms with Gasteiger partial charge in [-0.2, -0.15) is 10.4 Å². The number of nitriles is 1. The molecule has 0 fully saturated rings. The Labute approximate surface area is 91.0 Å². The third kappa shape index (κ3) is 3.64. The van der Waals surface area contributed by atoms with E-state index in [1.165, 1.54) is 6.20 Å². The van der Waals surface area contributed by atoms with Crippen molar-refractivity contribution < 1.29 is 4.21 Å².